The lowest BCUT2D eigenvalue weighted by molar-refractivity contribution is -0.120. The lowest BCUT2D eigenvalue weighted by atomic mass is 9.78. The first-order chi connectivity index (χ1) is 12.5. The smallest absolute Gasteiger partial charge is 0.230 e. The van der Waals surface area contributed by atoms with Crippen LogP contribution in [-0.2, 0) is 11.8 Å². The fourth-order valence-corrected chi connectivity index (χ4v) is 4.20. The summed E-state index contributed by atoms with van der Waals surface area (Å²) in [5.41, 5.74) is 0.406. The van der Waals surface area contributed by atoms with Crippen LogP contribution in [0.5, 0.6) is 0 Å². The van der Waals surface area contributed by atoms with Crippen molar-refractivity contribution in [2.24, 2.45) is 18.9 Å². The number of carbonyl (C=O) groups excluding carboxylic acids is 1. The summed E-state index contributed by atoms with van der Waals surface area (Å²) >= 11 is 1.32. The topological polar surface area (TPSA) is 59.8 Å². The van der Waals surface area contributed by atoms with Crippen molar-refractivity contribution in [3.05, 3.63) is 30.1 Å². The molecular formula is C19H25FN4OS. The molecule has 1 aromatic heterocycles. The molecule has 1 saturated carbocycles. The van der Waals surface area contributed by atoms with Crippen LogP contribution in [-0.4, -0.2) is 32.5 Å². The van der Waals surface area contributed by atoms with E-state index >= 15 is 0 Å². The van der Waals surface area contributed by atoms with Crippen LogP contribution < -0.4 is 5.32 Å². The molecule has 3 atom stereocenters. The van der Waals surface area contributed by atoms with E-state index in [1.807, 2.05) is 0 Å². The van der Waals surface area contributed by atoms with Crippen molar-refractivity contribution in [1.29, 1.82) is 0 Å². The number of rotatable bonds is 5. The van der Waals surface area contributed by atoms with Gasteiger partial charge in [-0.15, -0.1) is 10.2 Å². The van der Waals surface area contributed by atoms with Crippen molar-refractivity contribution >= 4 is 17.7 Å². The molecule has 2 aromatic rings. The number of benzene rings is 1. The SMILES string of the molecule is C[C@@H]1[C@@H](C)CCC[C@H]1NC(=O)CSc1nnc(-c2ccccc2F)n1C. The Morgan fingerprint density at radius 3 is 2.85 bits per heavy atom. The Balaban J connectivity index is 1.60. The number of aromatic nitrogens is 3. The highest BCUT2D eigenvalue weighted by Crippen LogP contribution is 2.30. The molecule has 26 heavy (non-hydrogen) atoms. The van der Waals surface area contributed by atoms with Gasteiger partial charge < -0.3 is 9.88 Å². The normalized spacial score (nSPS) is 23.0. The maximum absolute atomic E-state index is 14.0. The van der Waals surface area contributed by atoms with Gasteiger partial charge in [0.15, 0.2) is 11.0 Å². The van der Waals surface area contributed by atoms with Crippen molar-refractivity contribution in [3.63, 3.8) is 0 Å². The van der Waals surface area contributed by atoms with Gasteiger partial charge in [-0.1, -0.05) is 50.6 Å². The Morgan fingerprint density at radius 1 is 1.31 bits per heavy atom. The number of nitrogens with one attached hydrogen (secondary N) is 1. The van der Waals surface area contributed by atoms with Crippen LogP contribution >= 0.6 is 11.8 Å². The Kier molecular flexibility index (Phi) is 5.96. The van der Waals surface area contributed by atoms with Crippen LogP contribution in [0.25, 0.3) is 11.4 Å². The minimum Gasteiger partial charge on any atom is -0.352 e. The lowest BCUT2D eigenvalue weighted by Gasteiger charge is -2.34. The van der Waals surface area contributed by atoms with E-state index in [9.17, 15) is 9.18 Å². The molecule has 140 valence electrons. The van der Waals surface area contributed by atoms with Crippen molar-refractivity contribution < 1.29 is 9.18 Å². The first kappa shape index (κ1) is 18.9. The van der Waals surface area contributed by atoms with Crippen LogP contribution in [0.15, 0.2) is 29.4 Å². The van der Waals surface area contributed by atoms with Gasteiger partial charge in [0.05, 0.1) is 11.3 Å². The highest BCUT2D eigenvalue weighted by atomic mass is 32.2. The van der Waals surface area contributed by atoms with Gasteiger partial charge in [0.25, 0.3) is 0 Å². The van der Waals surface area contributed by atoms with E-state index in [1.165, 1.54) is 30.7 Å². The third kappa shape index (κ3) is 4.09. The second-order valence-electron chi connectivity index (χ2n) is 7.08. The van der Waals surface area contributed by atoms with E-state index in [1.54, 1.807) is 29.8 Å². The van der Waals surface area contributed by atoms with Crippen molar-refractivity contribution in [2.75, 3.05) is 5.75 Å². The maximum atomic E-state index is 14.0. The largest absolute Gasteiger partial charge is 0.352 e. The summed E-state index contributed by atoms with van der Waals surface area (Å²) in [5, 5.41) is 12.0. The van der Waals surface area contributed by atoms with Gasteiger partial charge in [-0.05, 0) is 30.4 Å². The summed E-state index contributed by atoms with van der Waals surface area (Å²) in [6.45, 7) is 4.47. The van der Waals surface area contributed by atoms with Crippen LogP contribution in [0.2, 0.25) is 0 Å². The van der Waals surface area contributed by atoms with Crippen molar-refractivity contribution in [3.8, 4) is 11.4 Å². The zero-order valence-corrected chi connectivity index (χ0v) is 16.2. The average molecular weight is 377 g/mol. The van der Waals surface area contributed by atoms with E-state index in [2.05, 4.69) is 29.4 Å². The van der Waals surface area contributed by atoms with Gasteiger partial charge in [-0.3, -0.25) is 4.79 Å². The fourth-order valence-electron chi connectivity index (χ4n) is 3.48. The highest BCUT2D eigenvalue weighted by Gasteiger charge is 2.28. The standard InChI is InChI=1S/C19H25FN4OS/c1-12-7-6-10-16(13(12)2)21-17(25)11-26-19-23-22-18(24(19)3)14-8-4-5-9-15(14)20/h4-5,8-9,12-13,16H,6-7,10-11H2,1-3H3,(H,21,25)/t12-,13+,16+/m0/s1. The van der Waals surface area contributed by atoms with Gasteiger partial charge in [-0.2, -0.15) is 0 Å². The van der Waals surface area contributed by atoms with Crippen LogP contribution in [0.3, 0.4) is 0 Å². The number of carbonyl (C=O) groups is 1. The molecule has 0 aliphatic heterocycles. The minimum atomic E-state index is -0.335. The van der Waals surface area contributed by atoms with E-state index in [-0.39, 0.29) is 23.5 Å². The van der Waals surface area contributed by atoms with Crippen LogP contribution in [0.1, 0.15) is 33.1 Å². The number of nitrogens with zero attached hydrogens (tertiary/aromatic N) is 3. The Bertz CT molecular complexity index is 779. The fraction of sp³-hybridized carbons (Fsp3) is 0.526. The summed E-state index contributed by atoms with van der Waals surface area (Å²) in [5.74, 6) is 1.56. The van der Waals surface area contributed by atoms with Crippen molar-refractivity contribution in [1.82, 2.24) is 20.1 Å². The zero-order chi connectivity index (χ0) is 18.7. The molecule has 5 nitrogen and oxygen atoms in total. The second kappa shape index (κ2) is 8.20. The molecule has 0 spiro atoms. The second-order valence-corrected chi connectivity index (χ2v) is 8.02. The molecule has 1 amide bonds. The van der Waals surface area contributed by atoms with Gasteiger partial charge >= 0.3 is 0 Å². The number of halogens is 1. The lowest BCUT2D eigenvalue weighted by Crippen LogP contribution is -2.44. The van der Waals surface area contributed by atoms with Crippen molar-refractivity contribution in [2.45, 2.75) is 44.3 Å². The van der Waals surface area contributed by atoms with Crippen LogP contribution in [0, 0.1) is 17.7 Å². The van der Waals surface area contributed by atoms with Gasteiger partial charge in [0, 0.05) is 13.1 Å². The van der Waals surface area contributed by atoms with Gasteiger partial charge in [-0.25, -0.2) is 4.39 Å². The quantitative estimate of drug-likeness (QED) is 0.809. The third-order valence-electron chi connectivity index (χ3n) is 5.34. The zero-order valence-electron chi connectivity index (χ0n) is 15.4. The van der Waals surface area contributed by atoms with Crippen LogP contribution in [0.4, 0.5) is 4.39 Å². The van der Waals surface area contributed by atoms with Gasteiger partial charge in [0.2, 0.25) is 5.91 Å². The van der Waals surface area contributed by atoms with E-state index in [0.29, 0.717) is 28.4 Å². The molecule has 0 radical (unpaired) electrons. The molecule has 1 aliphatic rings. The number of amides is 1. The molecule has 0 bridgehead atoms. The number of hydrogen-bond donors (Lipinski definition) is 1. The maximum Gasteiger partial charge on any atom is 0.230 e. The summed E-state index contributed by atoms with van der Waals surface area (Å²) in [6, 6.07) is 6.73. The molecule has 0 unspecified atom stereocenters. The molecule has 7 heteroatoms. The molecule has 1 aromatic carbocycles. The molecule has 1 heterocycles. The molecule has 3 rings (SSSR count). The third-order valence-corrected chi connectivity index (χ3v) is 6.36. The molecule has 1 fully saturated rings. The number of thioether (sulfide) groups is 1. The highest BCUT2D eigenvalue weighted by molar-refractivity contribution is 7.99. The Hall–Kier alpha value is -1.89. The number of hydrogen-bond acceptors (Lipinski definition) is 4. The summed E-state index contributed by atoms with van der Waals surface area (Å²) in [6.07, 6.45) is 3.45. The van der Waals surface area contributed by atoms with E-state index in [4.69, 9.17) is 0 Å². The molecule has 0 saturated heterocycles. The Labute approximate surface area is 157 Å². The minimum absolute atomic E-state index is 0.0105. The molecule has 1 N–H and O–H groups in total. The van der Waals surface area contributed by atoms with E-state index < -0.39 is 0 Å². The Morgan fingerprint density at radius 2 is 2.08 bits per heavy atom. The average Bonchev–Trinajstić information content (AvgIpc) is 2.98. The summed E-state index contributed by atoms with van der Waals surface area (Å²) < 4.78 is 15.7. The predicted molar refractivity (Wildman–Crippen MR) is 101 cm³/mol. The predicted octanol–water partition coefficient (Wildman–Crippen LogP) is 3.65. The molecular weight excluding hydrogens is 351 g/mol. The first-order valence-electron chi connectivity index (χ1n) is 9.03. The van der Waals surface area contributed by atoms with E-state index in [0.717, 1.165) is 6.42 Å². The summed E-state index contributed by atoms with van der Waals surface area (Å²) in [4.78, 5) is 12.3. The molecule has 1 aliphatic carbocycles. The monoisotopic (exact) mass is 376 g/mol. The first-order valence-corrected chi connectivity index (χ1v) is 10.0. The van der Waals surface area contributed by atoms with Gasteiger partial charge in [0.1, 0.15) is 5.82 Å². The summed E-state index contributed by atoms with van der Waals surface area (Å²) in [7, 11) is 1.78.